The lowest BCUT2D eigenvalue weighted by molar-refractivity contribution is 0.0964. The number of rotatable bonds is 6. The average molecular weight is 435 g/mol. The van der Waals surface area contributed by atoms with E-state index in [9.17, 15) is 4.79 Å². The standard InChI is InChI=1S/C24H30N6O2/c1-27-11-13-28(14-12-27)19-16-29(17-19)21-8-5-9-22-23(21)26-18-30(22)24(31)25-10-15-32-20-6-3-2-4-7-20/h2-9,18-19H,10-17H2,1H3,(H,25,31). The minimum atomic E-state index is -0.194. The highest BCUT2D eigenvalue weighted by Gasteiger charge is 2.34. The van der Waals surface area contributed by atoms with Crippen LogP contribution in [0.25, 0.3) is 11.0 Å². The molecule has 0 radical (unpaired) electrons. The van der Waals surface area contributed by atoms with Crippen molar-refractivity contribution in [1.82, 2.24) is 24.7 Å². The molecule has 0 saturated carbocycles. The number of nitrogens with one attached hydrogen (secondary N) is 1. The lowest BCUT2D eigenvalue weighted by atomic mass is 10.0. The van der Waals surface area contributed by atoms with E-state index in [0.29, 0.717) is 19.2 Å². The molecule has 8 heteroatoms. The zero-order valence-electron chi connectivity index (χ0n) is 18.5. The van der Waals surface area contributed by atoms with Crippen molar-refractivity contribution < 1.29 is 9.53 Å². The van der Waals surface area contributed by atoms with Crippen molar-refractivity contribution in [2.45, 2.75) is 6.04 Å². The molecule has 2 aromatic carbocycles. The fourth-order valence-electron chi connectivity index (χ4n) is 4.44. The van der Waals surface area contributed by atoms with Gasteiger partial charge >= 0.3 is 6.03 Å². The van der Waals surface area contributed by atoms with Crippen molar-refractivity contribution in [1.29, 1.82) is 0 Å². The summed E-state index contributed by atoms with van der Waals surface area (Å²) < 4.78 is 7.23. The number of carbonyl (C=O) groups is 1. The van der Waals surface area contributed by atoms with Crippen molar-refractivity contribution in [2.24, 2.45) is 0 Å². The van der Waals surface area contributed by atoms with Gasteiger partial charge in [0.2, 0.25) is 0 Å². The number of para-hydroxylation sites is 2. The second kappa shape index (κ2) is 9.18. The molecule has 1 aromatic heterocycles. The Balaban J connectivity index is 1.18. The highest BCUT2D eigenvalue weighted by atomic mass is 16.5. The molecule has 0 unspecified atom stereocenters. The molecule has 0 spiro atoms. The Kier molecular flexibility index (Phi) is 5.96. The maximum absolute atomic E-state index is 12.7. The van der Waals surface area contributed by atoms with Crippen LogP contribution in [0.15, 0.2) is 54.9 Å². The van der Waals surface area contributed by atoms with Crippen molar-refractivity contribution in [3.05, 3.63) is 54.9 Å². The summed E-state index contributed by atoms with van der Waals surface area (Å²) in [7, 11) is 2.19. The molecule has 32 heavy (non-hydrogen) atoms. The summed E-state index contributed by atoms with van der Waals surface area (Å²) in [6.45, 7) is 7.42. The smallest absolute Gasteiger partial charge is 0.327 e. The normalized spacial score (nSPS) is 18.0. The van der Waals surface area contributed by atoms with Crippen molar-refractivity contribution in [2.75, 3.05) is 64.4 Å². The van der Waals surface area contributed by atoms with E-state index >= 15 is 0 Å². The summed E-state index contributed by atoms with van der Waals surface area (Å²) in [4.78, 5) is 24.6. The summed E-state index contributed by atoms with van der Waals surface area (Å²) in [6, 6.07) is 16.1. The van der Waals surface area contributed by atoms with Gasteiger partial charge < -0.3 is 19.9 Å². The number of carbonyl (C=O) groups excluding carboxylic acids is 1. The van der Waals surface area contributed by atoms with E-state index in [2.05, 4.69) is 38.1 Å². The van der Waals surface area contributed by atoms with Crippen LogP contribution in [0.4, 0.5) is 10.5 Å². The predicted molar refractivity (Wildman–Crippen MR) is 126 cm³/mol. The van der Waals surface area contributed by atoms with Gasteiger partial charge in [0.1, 0.15) is 24.2 Å². The van der Waals surface area contributed by atoms with Crippen LogP contribution in [-0.4, -0.2) is 90.9 Å². The summed E-state index contributed by atoms with van der Waals surface area (Å²) in [5, 5.41) is 2.91. The summed E-state index contributed by atoms with van der Waals surface area (Å²) in [6.07, 6.45) is 1.61. The van der Waals surface area contributed by atoms with Crippen LogP contribution in [-0.2, 0) is 0 Å². The molecular formula is C24H30N6O2. The predicted octanol–water partition coefficient (Wildman–Crippen LogP) is 2.11. The third-order valence-electron chi connectivity index (χ3n) is 6.42. The number of imidazole rings is 1. The first-order valence-electron chi connectivity index (χ1n) is 11.3. The molecule has 2 aliphatic heterocycles. The third kappa shape index (κ3) is 4.28. The zero-order valence-corrected chi connectivity index (χ0v) is 18.5. The molecule has 1 N–H and O–H groups in total. The molecule has 1 amide bonds. The van der Waals surface area contributed by atoms with Gasteiger partial charge in [0, 0.05) is 45.3 Å². The molecule has 168 valence electrons. The maximum atomic E-state index is 12.7. The number of anilines is 1. The van der Waals surface area contributed by atoms with Crippen LogP contribution in [0.5, 0.6) is 5.75 Å². The van der Waals surface area contributed by atoms with Gasteiger partial charge in [0.25, 0.3) is 0 Å². The van der Waals surface area contributed by atoms with E-state index < -0.39 is 0 Å². The van der Waals surface area contributed by atoms with Gasteiger partial charge in [0.15, 0.2) is 0 Å². The molecule has 8 nitrogen and oxygen atoms in total. The number of hydrogen-bond acceptors (Lipinski definition) is 6. The number of ether oxygens (including phenoxy) is 1. The minimum absolute atomic E-state index is 0.194. The number of fused-ring (bicyclic) bond motifs is 1. The Bertz CT molecular complexity index is 1050. The summed E-state index contributed by atoms with van der Waals surface area (Å²) >= 11 is 0. The Labute approximate surface area is 188 Å². The number of piperazine rings is 1. The van der Waals surface area contributed by atoms with Gasteiger partial charge in [-0.25, -0.2) is 9.78 Å². The monoisotopic (exact) mass is 434 g/mol. The molecule has 5 rings (SSSR count). The first-order chi connectivity index (χ1) is 15.7. The third-order valence-corrected chi connectivity index (χ3v) is 6.42. The first-order valence-corrected chi connectivity index (χ1v) is 11.3. The van der Waals surface area contributed by atoms with E-state index in [0.717, 1.165) is 61.7 Å². The molecule has 0 aliphatic carbocycles. The molecule has 3 heterocycles. The SMILES string of the molecule is CN1CCN(C2CN(c3cccc4c3ncn4C(=O)NCCOc3ccccc3)C2)CC1. The van der Waals surface area contributed by atoms with Crippen molar-refractivity contribution in [3.8, 4) is 5.75 Å². The quantitative estimate of drug-likeness (QED) is 0.600. The summed E-state index contributed by atoms with van der Waals surface area (Å²) in [5.74, 6) is 0.795. The first kappa shape index (κ1) is 20.8. The van der Waals surface area contributed by atoms with E-state index in [1.165, 1.54) is 0 Å². The van der Waals surface area contributed by atoms with Gasteiger partial charge in [-0.2, -0.15) is 0 Å². The fraction of sp³-hybridized carbons (Fsp3) is 0.417. The van der Waals surface area contributed by atoms with Crippen LogP contribution in [0.2, 0.25) is 0 Å². The molecular weight excluding hydrogens is 404 g/mol. The van der Waals surface area contributed by atoms with E-state index in [1.54, 1.807) is 10.9 Å². The molecule has 2 fully saturated rings. The van der Waals surface area contributed by atoms with Crippen molar-refractivity contribution >= 4 is 22.8 Å². The number of amides is 1. The van der Waals surface area contributed by atoms with Crippen LogP contribution >= 0.6 is 0 Å². The van der Waals surface area contributed by atoms with Gasteiger partial charge in [0.05, 0.1) is 17.7 Å². The van der Waals surface area contributed by atoms with Gasteiger partial charge in [-0.05, 0) is 31.3 Å². The number of aromatic nitrogens is 2. The van der Waals surface area contributed by atoms with Crippen LogP contribution in [0.1, 0.15) is 0 Å². The lowest BCUT2D eigenvalue weighted by Gasteiger charge is -2.48. The molecule has 0 bridgehead atoms. The highest BCUT2D eigenvalue weighted by Crippen LogP contribution is 2.30. The zero-order chi connectivity index (χ0) is 21.9. The Hall–Kier alpha value is -3.10. The Morgan fingerprint density at radius 3 is 2.62 bits per heavy atom. The second-order valence-electron chi connectivity index (χ2n) is 8.55. The van der Waals surface area contributed by atoms with E-state index in [1.807, 2.05) is 42.5 Å². The van der Waals surface area contributed by atoms with Gasteiger partial charge in [-0.1, -0.05) is 24.3 Å². The molecule has 3 aromatic rings. The van der Waals surface area contributed by atoms with Crippen LogP contribution in [0.3, 0.4) is 0 Å². The molecule has 0 atom stereocenters. The number of benzene rings is 2. The number of hydrogen-bond donors (Lipinski definition) is 1. The fourth-order valence-corrected chi connectivity index (χ4v) is 4.44. The lowest BCUT2D eigenvalue weighted by Crippen LogP contribution is -2.63. The molecule has 2 aliphatic rings. The largest absolute Gasteiger partial charge is 0.492 e. The van der Waals surface area contributed by atoms with Gasteiger partial charge in [-0.3, -0.25) is 9.47 Å². The van der Waals surface area contributed by atoms with Crippen molar-refractivity contribution in [3.63, 3.8) is 0 Å². The summed E-state index contributed by atoms with van der Waals surface area (Å²) in [5.41, 5.74) is 2.80. The maximum Gasteiger partial charge on any atom is 0.327 e. The highest BCUT2D eigenvalue weighted by molar-refractivity contribution is 5.95. The Morgan fingerprint density at radius 1 is 1.06 bits per heavy atom. The number of nitrogens with zero attached hydrogens (tertiary/aromatic N) is 5. The second-order valence-corrected chi connectivity index (χ2v) is 8.55. The topological polar surface area (TPSA) is 65.9 Å². The molecule has 2 saturated heterocycles. The van der Waals surface area contributed by atoms with Crippen LogP contribution < -0.4 is 15.0 Å². The van der Waals surface area contributed by atoms with E-state index in [4.69, 9.17) is 4.74 Å². The number of likely N-dealkylation sites (N-methyl/N-ethyl adjacent to an activating group) is 1. The van der Waals surface area contributed by atoms with E-state index in [-0.39, 0.29) is 6.03 Å². The Morgan fingerprint density at radius 2 is 1.84 bits per heavy atom. The average Bonchev–Trinajstić information content (AvgIpc) is 3.23. The van der Waals surface area contributed by atoms with Crippen LogP contribution in [0, 0.1) is 0 Å². The van der Waals surface area contributed by atoms with Gasteiger partial charge in [-0.15, -0.1) is 0 Å². The minimum Gasteiger partial charge on any atom is -0.492 e.